The van der Waals surface area contributed by atoms with E-state index in [9.17, 15) is 4.79 Å². The highest BCUT2D eigenvalue weighted by atomic mass is 35.5. The van der Waals surface area contributed by atoms with Gasteiger partial charge in [-0.15, -0.1) is 10.2 Å². The van der Waals surface area contributed by atoms with Gasteiger partial charge in [-0.25, -0.2) is 0 Å². The molecule has 1 amide bonds. The third-order valence-corrected chi connectivity index (χ3v) is 4.54. The first kappa shape index (κ1) is 16.9. The van der Waals surface area contributed by atoms with E-state index in [4.69, 9.17) is 32.4 Å². The third kappa shape index (κ3) is 3.38. The molecule has 0 saturated heterocycles. The number of rotatable bonds is 4. The normalized spacial score (nSPS) is 13.2. The van der Waals surface area contributed by atoms with Gasteiger partial charge in [0.05, 0.1) is 10.6 Å². The summed E-state index contributed by atoms with van der Waals surface area (Å²) in [7, 11) is 0. The molecule has 1 aliphatic rings. The number of amides is 1. The lowest BCUT2D eigenvalue weighted by molar-refractivity contribution is 0.0946. The van der Waals surface area contributed by atoms with Crippen molar-refractivity contribution in [2.75, 3.05) is 6.54 Å². The number of nitrogens with one attached hydrogen (secondary N) is 1. The van der Waals surface area contributed by atoms with Gasteiger partial charge in [-0.2, -0.15) is 0 Å². The highest BCUT2D eigenvalue weighted by molar-refractivity contribution is 6.36. The van der Waals surface area contributed by atoms with E-state index in [1.807, 2.05) is 6.07 Å². The number of fused-ring (bicyclic) bond motifs is 1. The predicted octanol–water partition coefficient (Wildman–Crippen LogP) is 3.91. The summed E-state index contributed by atoms with van der Waals surface area (Å²) in [6.07, 6.45) is 0.776. The summed E-state index contributed by atoms with van der Waals surface area (Å²) in [5.41, 5.74) is 2.25. The minimum absolute atomic E-state index is 0.0563. The van der Waals surface area contributed by atoms with Gasteiger partial charge in [0.1, 0.15) is 5.75 Å². The first-order valence-corrected chi connectivity index (χ1v) is 8.67. The molecule has 0 fully saturated rings. The van der Waals surface area contributed by atoms with Gasteiger partial charge in [0, 0.05) is 17.1 Å². The maximum absolute atomic E-state index is 11.8. The zero-order valence-electron chi connectivity index (χ0n) is 13.5. The molecule has 0 spiro atoms. The fourth-order valence-corrected chi connectivity index (χ4v) is 3.21. The van der Waals surface area contributed by atoms with E-state index >= 15 is 0 Å². The number of carbonyl (C=O) groups is 1. The highest BCUT2D eigenvalue weighted by Crippen LogP contribution is 2.29. The van der Waals surface area contributed by atoms with Gasteiger partial charge in [-0.05, 0) is 48.4 Å². The van der Waals surface area contributed by atoms with Crippen LogP contribution in [-0.4, -0.2) is 22.6 Å². The van der Waals surface area contributed by atoms with E-state index in [1.165, 1.54) is 0 Å². The van der Waals surface area contributed by atoms with Gasteiger partial charge < -0.3 is 14.5 Å². The third-order valence-electron chi connectivity index (χ3n) is 3.99. The molecule has 3 aromatic rings. The standard InChI is InChI=1S/C18H13Cl2N3O3/c19-11-1-3-14(15(20)8-11)18-23-22-16(26-18)9-25-12-2-4-13-10(7-12)5-6-21-17(13)24/h1-4,7-8H,5-6,9H2,(H,21,24). The van der Waals surface area contributed by atoms with E-state index in [0.29, 0.717) is 45.2 Å². The summed E-state index contributed by atoms with van der Waals surface area (Å²) in [6, 6.07) is 10.4. The zero-order chi connectivity index (χ0) is 18.1. The number of hydrogen-bond donors (Lipinski definition) is 1. The zero-order valence-corrected chi connectivity index (χ0v) is 15.0. The summed E-state index contributed by atoms with van der Waals surface area (Å²) < 4.78 is 11.3. The molecule has 0 bridgehead atoms. The second-order valence-corrected chi connectivity index (χ2v) is 6.58. The molecule has 0 unspecified atom stereocenters. The molecular formula is C18H13Cl2N3O3. The lowest BCUT2D eigenvalue weighted by Gasteiger charge is -2.17. The van der Waals surface area contributed by atoms with Crippen LogP contribution in [0.25, 0.3) is 11.5 Å². The van der Waals surface area contributed by atoms with Crippen LogP contribution < -0.4 is 10.1 Å². The van der Waals surface area contributed by atoms with Crippen LogP contribution in [0.5, 0.6) is 5.75 Å². The number of nitrogens with zero attached hydrogens (tertiary/aromatic N) is 2. The van der Waals surface area contributed by atoms with Crippen LogP contribution >= 0.6 is 23.2 Å². The molecule has 1 aromatic heterocycles. The molecule has 1 N–H and O–H groups in total. The van der Waals surface area contributed by atoms with Crippen LogP contribution in [0.15, 0.2) is 40.8 Å². The minimum Gasteiger partial charge on any atom is -0.484 e. The van der Waals surface area contributed by atoms with Gasteiger partial charge in [-0.3, -0.25) is 4.79 Å². The van der Waals surface area contributed by atoms with Crippen LogP contribution in [0.2, 0.25) is 10.0 Å². The molecule has 132 valence electrons. The Kier molecular flexibility index (Phi) is 4.53. The molecule has 2 heterocycles. The Labute approximate surface area is 159 Å². The van der Waals surface area contributed by atoms with Gasteiger partial charge >= 0.3 is 0 Å². The van der Waals surface area contributed by atoms with Crippen molar-refractivity contribution in [3.63, 3.8) is 0 Å². The number of carbonyl (C=O) groups excluding carboxylic acids is 1. The molecule has 1 aliphatic heterocycles. The van der Waals surface area contributed by atoms with E-state index < -0.39 is 0 Å². The van der Waals surface area contributed by atoms with E-state index in [2.05, 4.69) is 15.5 Å². The Morgan fingerprint density at radius 3 is 2.81 bits per heavy atom. The molecule has 0 atom stereocenters. The maximum Gasteiger partial charge on any atom is 0.254 e. The number of aromatic nitrogens is 2. The predicted molar refractivity (Wildman–Crippen MR) is 96.6 cm³/mol. The second kappa shape index (κ2) is 6.97. The first-order valence-electron chi connectivity index (χ1n) is 7.92. The summed E-state index contributed by atoms with van der Waals surface area (Å²) in [5, 5.41) is 11.7. The molecule has 0 saturated carbocycles. The van der Waals surface area contributed by atoms with E-state index in [0.717, 1.165) is 12.0 Å². The SMILES string of the molecule is O=C1NCCc2cc(OCc3nnc(-c4ccc(Cl)cc4Cl)o3)ccc21. The molecule has 4 rings (SSSR count). The largest absolute Gasteiger partial charge is 0.484 e. The molecule has 8 heteroatoms. The van der Waals surface area contributed by atoms with Crippen molar-refractivity contribution >= 4 is 29.1 Å². The lowest BCUT2D eigenvalue weighted by atomic mass is 10.0. The minimum atomic E-state index is -0.0563. The highest BCUT2D eigenvalue weighted by Gasteiger charge is 2.17. The number of halogens is 2. The number of hydrogen-bond acceptors (Lipinski definition) is 5. The number of benzene rings is 2. The molecule has 0 aliphatic carbocycles. The average Bonchev–Trinajstić information content (AvgIpc) is 3.09. The average molecular weight is 390 g/mol. The second-order valence-electron chi connectivity index (χ2n) is 5.74. The topological polar surface area (TPSA) is 77.2 Å². The Bertz CT molecular complexity index is 988. The quantitative estimate of drug-likeness (QED) is 0.731. The van der Waals surface area contributed by atoms with Crippen molar-refractivity contribution in [2.24, 2.45) is 0 Å². The smallest absolute Gasteiger partial charge is 0.254 e. The Balaban J connectivity index is 1.47. The van der Waals surface area contributed by atoms with Crippen LogP contribution in [0.1, 0.15) is 21.8 Å². The van der Waals surface area contributed by atoms with Crippen molar-refractivity contribution in [3.05, 3.63) is 63.5 Å². The summed E-state index contributed by atoms with van der Waals surface area (Å²) in [4.78, 5) is 11.8. The van der Waals surface area contributed by atoms with Gasteiger partial charge in [0.25, 0.3) is 11.8 Å². The Morgan fingerprint density at radius 2 is 1.96 bits per heavy atom. The van der Waals surface area contributed by atoms with Crippen molar-refractivity contribution in [1.82, 2.24) is 15.5 Å². The van der Waals surface area contributed by atoms with Gasteiger partial charge in [-0.1, -0.05) is 23.2 Å². The Hall–Kier alpha value is -2.57. The Morgan fingerprint density at radius 1 is 1.12 bits per heavy atom. The maximum atomic E-state index is 11.8. The van der Waals surface area contributed by atoms with Crippen molar-refractivity contribution < 1.29 is 13.9 Å². The van der Waals surface area contributed by atoms with Crippen molar-refractivity contribution in [2.45, 2.75) is 13.0 Å². The summed E-state index contributed by atoms with van der Waals surface area (Å²) in [5.74, 6) is 1.20. The monoisotopic (exact) mass is 389 g/mol. The fourth-order valence-electron chi connectivity index (χ4n) is 2.72. The van der Waals surface area contributed by atoms with Crippen LogP contribution in [0.4, 0.5) is 0 Å². The van der Waals surface area contributed by atoms with Gasteiger partial charge in [0.2, 0.25) is 5.89 Å². The van der Waals surface area contributed by atoms with E-state index in [-0.39, 0.29) is 12.5 Å². The van der Waals surface area contributed by atoms with Crippen LogP contribution in [0.3, 0.4) is 0 Å². The van der Waals surface area contributed by atoms with Crippen LogP contribution in [-0.2, 0) is 13.0 Å². The lowest BCUT2D eigenvalue weighted by Crippen LogP contribution is -2.31. The molecule has 0 radical (unpaired) electrons. The van der Waals surface area contributed by atoms with E-state index in [1.54, 1.807) is 30.3 Å². The summed E-state index contributed by atoms with van der Waals surface area (Å²) >= 11 is 12.0. The number of ether oxygens (including phenoxy) is 1. The van der Waals surface area contributed by atoms with Gasteiger partial charge in [0.15, 0.2) is 6.61 Å². The van der Waals surface area contributed by atoms with Crippen LogP contribution in [0, 0.1) is 0 Å². The first-order chi connectivity index (χ1) is 12.6. The summed E-state index contributed by atoms with van der Waals surface area (Å²) in [6.45, 7) is 0.743. The molecule has 6 nitrogen and oxygen atoms in total. The molecule has 2 aromatic carbocycles. The molecular weight excluding hydrogens is 377 g/mol. The van der Waals surface area contributed by atoms with Crippen molar-refractivity contribution in [1.29, 1.82) is 0 Å². The molecule has 26 heavy (non-hydrogen) atoms. The fraction of sp³-hybridized carbons (Fsp3) is 0.167. The van der Waals surface area contributed by atoms with Crippen molar-refractivity contribution in [3.8, 4) is 17.2 Å².